The van der Waals surface area contributed by atoms with Gasteiger partial charge in [0.2, 0.25) is 5.91 Å². The summed E-state index contributed by atoms with van der Waals surface area (Å²) < 4.78 is 12.8. The first-order valence-electron chi connectivity index (χ1n) is 8.00. The molecular weight excluding hydrogens is 291 g/mol. The van der Waals surface area contributed by atoms with E-state index in [9.17, 15) is 9.18 Å². The summed E-state index contributed by atoms with van der Waals surface area (Å²) in [6, 6.07) is 16.6. The lowest BCUT2D eigenvalue weighted by Gasteiger charge is -2.07. The Morgan fingerprint density at radius 1 is 0.826 bits per heavy atom. The average Bonchev–Trinajstić information content (AvgIpc) is 2.57. The third kappa shape index (κ3) is 7.06. The number of hydrogen-bond acceptors (Lipinski definition) is 2. The van der Waals surface area contributed by atoms with Crippen LogP contribution in [-0.2, 0) is 17.6 Å². The van der Waals surface area contributed by atoms with Crippen molar-refractivity contribution in [1.82, 2.24) is 10.6 Å². The van der Waals surface area contributed by atoms with Gasteiger partial charge in [0.1, 0.15) is 5.82 Å². The highest BCUT2D eigenvalue weighted by Crippen LogP contribution is 2.02. The minimum Gasteiger partial charge on any atom is -0.356 e. The largest absolute Gasteiger partial charge is 0.356 e. The summed E-state index contributed by atoms with van der Waals surface area (Å²) in [6.45, 7) is 2.12. The smallest absolute Gasteiger partial charge is 0.221 e. The Bertz CT molecular complexity index is 584. The fourth-order valence-corrected chi connectivity index (χ4v) is 2.29. The van der Waals surface area contributed by atoms with Crippen molar-refractivity contribution in [2.45, 2.75) is 19.3 Å². The second-order valence-electron chi connectivity index (χ2n) is 5.46. The van der Waals surface area contributed by atoms with Crippen molar-refractivity contribution in [2.24, 2.45) is 0 Å². The molecule has 0 bridgehead atoms. The zero-order chi connectivity index (χ0) is 16.3. The van der Waals surface area contributed by atoms with E-state index in [4.69, 9.17) is 0 Å². The number of halogens is 1. The standard InChI is InChI=1S/C19H23FN2O/c20-18-8-6-17(7-9-18)11-15-22-19(23)12-14-21-13-10-16-4-2-1-3-5-16/h1-9,21H,10-15H2,(H,22,23). The summed E-state index contributed by atoms with van der Waals surface area (Å²) in [6.07, 6.45) is 2.15. The fourth-order valence-electron chi connectivity index (χ4n) is 2.29. The van der Waals surface area contributed by atoms with Gasteiger partial charge in [-0.25, -0.2) is 4.39 Å². The Hall–Kier alpha value is -2.20. The topological polar surface area (TPSA) is 41.1 Å². The summed E-state index contributed by atoms with van der Waals surface area (Å²) in [5.41, 5.74) is 2.32. The molecule has 0 fully saturated rings. The van der Waals surface area contributed by atoms with Crippen LogP contribution in [0.2, 0.25) is 0 Å². The maximum absolute atomic E-state index is 12.8. The number of amides is 1. The molecule has 0 unspecified atom stereocenters. The van der Waals surface area contributed by atoms with Crippen LogP contribution in [0.3, 0.4) is 0 Å². The van der Waals surface area contributed by atoms with E-state index in [1.807, 2.05) is 18.2 Å². The van der Waals surface area contributed by atoms with Crippen molar-refractivity contribution in [2.75, 3.05) is 19.6 Å². The van der Waals surface area contributed by atoms with E-state index in [1.165, 1.54) is 17.7 Å². The first-order valence-corrected chi connectivity index (χ1v) is 8.00. The highest BCUT2D eigenvalue weighted by atomic mass is 19.1. The minimum atomic E-state index is -0.237. The molecule has 0 radical (unpaired) electrons. The number of carbonyl (C=O) groups is 1. The number of nitrogens with one attached hydrogen (secondary N) is 2. The summed E-state index contributed by atoms with van der Waals surface area (Å²) in [5.74, 6) is -0.196. The van der Waals surface area contributed by atoms with Crippen LogP contribution in [0.15, 0.2) is 54.6 Å². The Kier molecular flexibility index (Phi) is 7.27. The molecule has 3 nitrogen and oxygen atoms in total. The Morgan fingerprint density at radius 3 is 2.22 bits per heavy atom. The molecule has 2 rings (SSSR count). The molecule has 2 N–H and O–H groups in total. The Balaban J connectivity index is 1.51. The lowest BCUT2D eigenvalue weighted by Crippen LogP contribution is -2.29. The van der Waals surface area contributed by atoms with Crippen LogP contribution < -0.4 is 10.6 Å². The van der Waals surface area contributed by atoms with Crippen LogP contribution in [0.25, 0.3) is 0 Å². The molecule has 0 spiro atoms. The maximum atomic E-state index is 12.8. The second-order valence-corrected chi connectivity index (χ2v) is 5.46. The molecule has 2 aromatic rings. The van der Waals surface area contributed by atoms with Crippen molar-refractivity contribution < 1.29 is 9.18 Å². The van der Waals surface area contributed by atoms with E-state index >= 15 is 0 Å². The molecule has 0 aliphatic heterocycles. The predicted molar refractivity (Wildman–Crippen MR) is 90.7 cm³/mol. The lowest BCUT2D eigenvalue weighted by molar-refractivity contribution is -0.120. The van der Waals surface area contributed by atoms with Crippen LogP contribution in [0.5, 0.6) is 0 Å². The van der Waals surface area contributed by atoms with Crippen molar-refractivity contribution >= 4 is 5.91 Å². The molecule has 0 aliphatic rings. The van der Waals surface area contributed by atoms with Crippen LogP contribution >= 0.6 is 0 Å². The third-order valence-corrected chi connectivity index (χ3v) is 3.61. The van der Waals surface area contributed by atoms with Gasteiger partial charge in [0.15, 0.2) is 0 Å². The monoisotopic (exact) mass is 314 g/mol. The normalized spacial score (nSPS) is 10.5. The summed E-state index contributed by atoms with van der Waals surface area (Å²) >= 11 is 0. The molecule has 23 heavy (non-hydrogen) atoms. The van der Waals surface area contributed by atoms with E-state index in [-0.39, 0.29) is 11.7 Å². The van der Waals surface area contributed by atoms with Gasteiger partial charge in [0.05, 0.1) is 0 Å². The summed E-state index contributed by atoms with van der Waals surface area (Å²) in [7, 11) is 0. The van der Waals surface area contributed by atoms with Gasteiger partial charge in [-0.05, 0) is 42.6 Å². The van der Waals surface area contributed by atoms with Gasteiger partial charge >= 0.3 is 0 Å². The van der Waals surface area contributed by atoms with Gasteiger partial charge in [-0.2, -0.15) is 0 Å². The molecule has 1 amide bonds. The van der Waals surface area contributed by atoms with Crippen molar-refractivity contribution in [3.05, 3.63) is 71.5 Å². The predicted octanol–water partition coefficient (Wildman–Crippen LogP) is 2.71. The molecule has 0 saturated carbocycles. The molecule has 2 aromatic carbocycles. The molecule has 122 valence electrons. The van der Waals surface area contributed by atoms with E-state index < -0.39 is 0 Å². The quantitative estimate of drug-likeness (QED) is 0.699. The van der Waals surface area contributed by atoms with E-state index in [0.29, 0.717) is 25.9 Å². The van der Waals surface area contributed by atoms with Crippen LogP contribution in [0.4, 0.5) is 4.39 Å². The van der Waals surface area contributed by atoms with Crippen LogP contribution in [0.1, 0.15) is 17.5 Å². The van der Waals surface area contributed by atoms with E-state index in [2.05, 4.69) is 22.8 Å². The molecule has 0 aromatic heterocycles. The molecule has 0 heterocycles. The van der Waals surface area contributed by atoms with Crippen molar-refractivity contribution in [3.63, 3.8) is 0 Å². The van der Waals surface area contributed by atoms with Gasteiger partial charge in [0, 0.05) is 19.5 Å². The summed E-state index contributed by atoms with van der Waals surface area (Å²) in [4.78, 5) is 11.7. The van der Waals surface area contributed by atoms with Gasteiger partial charge in [0.25, 0.3) is 0 Å². The lowest BCUT2D eigenvalue weighted by atomic mass is 10.1. The molecule has 0 aliphatic carbocycles. The second kappa shape index (κ2) is 9.74. The highest BCUT2D eigenvalue weighted by Gasteiger charge is 2.01. The SMILES string of the molecule is O=C(CCNCCc1ccccc1)NCCc1ccc(F)cc1. The summed E-state index contributed by atoms with van der Waals surface area (Å²) in [5, 5.41) is 6.16. The van der Waals surface area contributed by atoms with Crippen molar-refractivity contribution in [1.29, 1.82) is 0 Å². The van der Waals surface area contributed by atoms with Gasteiger partial charge in [-0.1, -0.05) is 42.5 Å². The first-order chi connectivity index (χ1) is 11.2. The van der Waals surface area contributed by atoms with E-state index in [0.717, 1.165) is 18.5 Å². The van der Waals surface area contributed by atoms with Crippen molar-refractivity contribution in [3.8, 4) is 0 Å². The maximum Gasteiger partial charge on any atom is 0.221 e. The number of rotatable bonds is 9. The highest BCUT2D eigenvalue weighted by molar-refractivity contribution is 5.76. The number of carbonyl (C=O) groups excluding carboxylic acids is 1. The van der Waals surface area contributed by atoms with Gasteiger partial charge in [-0.3, -0.25) is 4.79 Å². The molecule has 0 saturated heterocycles. The Morgan fingerprint density at radius 2 is 1.48 bits per heavy atom. The molecular formula is C19H23FN2O. The number of hydrogen-bond donors (Lipinski definition) is 2. The average molecular weight is 314 g/mol. The first kappa shape index (κ1) is 17.2. The van der Waals surface area contributed by atoms with Gasteiger partial charge < -0.3 is 10.6 Å². The fraction of sp³-hybridized carbons (Fsp3) is 0.316. The molecule has 0 atom stereocenters. The zero-order valence-corrected chi connectivity index (χ0v) is 13.2. The Labute approximate surface area is 136 Å². The minimum absolute atomic E-state index is 0.0410. The zero-order valence-electron chi connectivity index (χ0n) is 13.2. The van der Waals surface area contributed by atoms with Gasteiger partial charge in [-0.15, -0.1) is 0 Å². The third-order valence-electron chi connectivity index (χ3n) is 3.61. The van der Waals surface area contributed by atoms with Crippen LogP contribution in [-0.4, -0.2) is 25.5 Å². The van der Waals surface area contributed by atoms with E-state index in [1.54, 1.807) is 12.1 Å². The molecule has 4 heteroatoms. The van der Waals surface area contributed by atoms with Crippen LogP contribution in [0, 0.1) is 5.82 Å². The number of benzene rings is 2.